The number of hydrogen-bond donors (Lipinski definition) is 0. The highest BCUT2D eigenvalue weighted by Gasteiger charge is 2.51. The van der Waals surface area contributed by atoms with Crippen molar-refractivity contribution in [3.63, 3.8) is 0 Å². The van der Waals surface area contributed by atoms with Crippen molar-refractivity contribution in [1.29, 1.82) is 0 Å². The van der Waals surface area contributed by atoms with E-state index >= 15 is 0 Å². The average molecular weight is 533 g/mol. The van der Waals surface area contributed by atoms with Crippen LogP contribution in [0.5, 0.6) is 0 Å². The Hall–Kier alpha value is -5.20. The van der Waals surface area contributed by atoms with Crippen LogP contribution >= 0.6 is 0 Å². The molecule has 0 radical (unpaired) electrons. The van der Waals surface area contributed by atoms with Crippen molar-refractivity contribution >= 4 is 21.5 Å². The van der Waals surface area contributed by atoms with Gasteiger partial charge in [0.25, 0.3) is 0 Å². The maximum Gasteiger partial charge on any atom is 0.0726 e. The quantitative estimate of drug-likeness (QED) is 0.156. The van der Waals surface area contributed by atoms with Gasteiger partial charge in [-0.2, -0.15) is 0 Å². The molecule has 0 bridgehead atoms. The van der Waals surface area contributed by atoms with Gasteiger partial charge in [-0.15, -0.1) is 6.58 Å². The van der Waals surface area contributed by atoms with Gasteiger partial charge in [0.05, 0.1) is 5.41 Å². The third-order valence-corrected chi connectivity index (χ3v) is 9.71. The molecular formula is C42H28. The Morgan fingerprint density at radius 3 is 1.79 bits per heavy atom. The summed E-state index contributed by atoms with van der Waals surface area (Å²) in [4.78, 5) is 0. The van der Waals surface area contributed by atoms with E-state index in [4.69, 9.17) is 0 Å². The van der Waals surface area contributed by atoms with Crippen molar-refractivity contribution < 1.29 is 0 Å². The third-order valence-electron chi connectivity index (χ3n) is 9.71. The van der Waals surface area contributed by atoms with Crippen LogP contribution < -0.4 is 0 Å². The summed E-state index contributed by atoms with van der Waals surface area (Å²) in [7, 11) is 0. The van der Waals surface area contributed by atoms with Crippen molar-refractivity contribution in [2.24, 2.45) is 0 Å². The first-order chi connectivity index (χ1) is 20.8. The molecule has 7 aromatic rings. The molecule has 0 fully saturated rings. The van der Waals surface area contributed by atoms with Crippen LogP contribution in [0.1, 0.15) is 39.3 Å². The molecule has 0 nitrogen and oxygen atoms in total. The molecule has 196 valence electrons. The molecule has 0 saturated carbocycles. The number of fused-ring (bicyclic) bond motifs is 7. The van der Waals surface area contributed by atoms with Crippen LogP contribution in [0.15, 0.2) is 158 Å². The highest BCUT2D eigenvalue weighted by atomic mass is 14.5. The zero-order valence-corrected chi connectivity index (χ0v) is 23.2. The summed E-state index contributed by atoms with van der Waals surface area (Å²) in [6, 6.07) is 54.1. The Morgan fingerprint density at radius 1 is 0.476 bits per heavy atom. The molecule has 0 heterocycles. The zero-order chi connectivity index (χ0) is 27.8. The summed E-state index contributed by atoms with van der Waals surface area (Å²) in [6.07, 6.45) is 2.06. The Labute approximate surface area is 246 Å². The lowest BCUT2D eigenvalue weighted by Crippen LogP contribution is -2.26. The topological polar surface area (TPSA) is 0 Å². The molecule has 0 heteroatoms. The second-order valence-corrected chi connectivity index (χ2v) is 11.6. The summed E-state index contributed by atoms with van der Waals surface area (Å²) in [5.41, 5.74) is 13.0. The normalized spacial score (nSPS) is 14.4. The maximum atomic E-state index is 4.21. The monoisotopic (exact) mass is 532 g/mol. The molecule has 0 aliphatic heterocycles. The molecule has 7 aromatic carbocycles. The van der Waals surface area contributed by atoms with Gasteiger partial charge >= 0.3 is 0 Å². The first-order valence-corrected chi connectivity index (χ1v) is 14.8. The minimum absolute atomic E-state index is 0.140. The van der Waals surface area contributed by atoms with Gasteiger partial charge in [0.2, 0.25) is 0 Å². The van der Waals surface area contributed by atoms with E-state index in [1.54, 1.807) is 0 Å². The Morgan fingerprint density at radius 2 is 1.05 bits per heavy atom. The molecule has 1 unspecified atom stereocenters. The third kappa shape index (κ3) is 2.91. The lowest BCUT2D eigenvalue weighted by Gasteiger charge is -2.31. The number of hydrogen-bond acceptors (Lipinski definition) is 0. The second-order valence-electron chi connectivity index (χ2n) is 11.6. The molecule has 0 amide bonds. The van der Waals surface area contributed by atoms with Crippen LogP contribution in [-0.4, -0.2) is 0 Å². The van der Waals surface area contributed by atoms with Crippen molar-refractivity contribution in [1.82, 2.24) is 0 Å². The predicted molar refractivity (Wildman–Crippen MR) is 176 cm³/mol. The van der Waals surface area contributed by atoms with E-state index < -0.39 is 0 Å². The highest BCUT2D eigenvalue weighted by Crippen LogP contribution is 2.63. The van der Waals surface area contributed by atoms with E-state index in [1.807, 2.05) is 0 Å². The minimum atomic E-state index is -0.337. The van der Waals surface area contributed by atoms with Gasteiger partial charge in [-0.3, -0.25) is 0 Å². The van der Waals surface area contributed by atoms with E-state index in [0.29, 0.717) is 0 Å². The molecule has 1 spiro atoms. The van der Waals surface area contributed by atoms with Gasteiger partial charge < -0.3 is 0 Å². The van der Waals surface area contributed by atoms with E-state index in [9.17, 15) is 0 Å². The second kappa shape index (κ2) is 8.65. The first kappa shape index (κ1) is 23.5. The van der Waals surface area contributed by atoms with Crippen LogP contribution in [0.3, 0.4) is 0 Å². The first-order valence-electron chi connectivity index (χ1n) is 14.8. The number of benzene rings is 7. The van der Waals surface area contributed by atoms with Crippen LogP contribution in [0.25, 0.3) is 43.8 Å². The van der Waals surface area contributed by atoms with Crippen molar-refractivity contribution in [3.8, 4) is 22.3 Å². The zero-order valence-electron chi connectivity index (χ0n) is 23.2. The van der Waals surface area contributed by atoms with Gasteiger partial charge in [-0.25, -0.2) is 0 Å². The predicted octanol–water partition coefficient (Wildman–Crippen LogP) is 10.7. The van der Waals surface area contributed by atoms with Gasteiger partial charge in [-0.1, -0.05) is 152 Å². The molecule has 2 aliphatic carbocycles. The Kier molecular flexibility index (Phi) is 4.84. The molecule has 0 N–H and O–H groups in total. The standard InChI is InChI=1S/C42H28/c1-2-32(27-12-4-3-5-13-27)30-16-8-17-31(26-30)33-19-11-23-38-41(33)34-18-6-7-20-35(34)42(38)36-21-9-14-28-24-25-29-15-10-22-37(42)40(29)39(28)36/h2-26,32H,1H2. The van der Waals surface area contributed by atoms with Crippen LogP contribution in [-0.2, 0) is 5.41 Å². The van der Waals surface area contributed by atoms with Crippen molar-refractivity contribution in [2.45, 2.75) is 11.3 Å². The fourth-order valence-corrected chi connectivity index (χ4v) is 8.10. The summed E-state index contributed by atoms with van der Waals surface area (Å²) in [6.45, 7) is 4.21. The fraction of sp³-hybridized carbons (Fsp3) is 0.0476. The molecule has 0 aromatic heterocycles. The van der Waals surface area contributed by atoms with E-state index in [2.05, 4.69) is 158 Å². The number of rotatable bonds is 4. The molecule has 42 heavy (non-hydrogen) atoms. The van der Waals surface area contributed by atoms with Crippen molar-refractivity contribution in [2.75, 3.05) is 0 Å². The molecule has 9 rings (SSSR count). The van der Waals surface area contributed by atoms with Crippen LogP contribution in [0.4, 0.5) is 0 Å². The smallest absolute Gasteiger partial charge is 0.0726 e. The lowest BCUT2D eigenvalue weighted by atomic mass is 9.70. The molecule has 1 atom stereocenters. The maximum absolute atomic E-state index is 4.21. The van der Waals surface area contributed by atoms with E-state index in [-0.39, 0.29) is 11.3 Å². The molecule has 0 saturated heterocycles. The minimum Gasteiger partial charge on any atom is -0.102 e. The summed E-state index contributed by atoms with van der Waals surface area (Å²) in [5, 5.41) is 5.43. The molecule has 2 aliphatic rings. The van der Waals surface area contributed by atoms with Gasteiger partial charge in [0.1, 0.15) is 0 Å². The van der Waals surface area contributed by atoms with E-state index in [0.717, 1.165) is 0 Å². The van der Waals surface area contributed by atoms with Crippen molar-refractivity contribution in [3.05, 3.63) is 192 Å². The summed E-state index contributed by atoms with van der Waals surface area (Å²) < 4.78 is 0. The summed E-state index contributed by atoms with van der Waals surface area (Å²) in [5.74, 6) is 0.140. The van der Waals surface area contributed by atoms with Crippen LogP contribution in [0.2, 0.25) is 0 Å². The Bertz CT molecular complexity index is 2150. The van der Waals surface area contributed by atoms with Gasteiger partial charge in [0.15, 0.2) is 0 Å². The fourth-order valence-electron chi connectivity index (χ4n) is 8.10. The Balaban J connectivity index is 1.34. The van der Waals surface area contributed by atoms with E-state index in [1.165, 1.54) is 77.2 Å². The lowest BCUT2D eigenvalue weighted by molar-refractivity contribution is 0.797. The molecular weight excluding hydrogens is 504 g/mol. The average Bonchev–Trinajstić information content (AvgIpc) is 3.53. The summed E-state index contributed by atoms with van der Waals surface area (Å²) >= 11 is 0. The van der Waals surface area contributed by atoms with Gasteiger partial charge in [-0.05, 0) is 77.2 Å². The van der Waals surface area contributed by atoms with Crippen LogP contribution in [0, 0.1) is 0 Å². The highest BCUT2D eigenvalue weighted by molar-refractivity contribution is 6.17. The largest absolute Gasteiger partial charge is 0.102 e. The number of allylic oxidation sites excluding steroid dienone is 1. The van der Waals surface area contributed by atoms with Gasteiger partial charge in [0, 0.05) is 5.92 Å². The SMILES string of the molecule is C=CC(c1ccccc1)c1cccc(-c2cccc3c2-c2ccccc2C32c3cccc4ccc5cccc2c5c34)c1.